The molecule has 0 saturated carbocycles. The molecule has 2 fully saturated rings. The molecular formula is C25H29N5O3. The van der Waals surface area contributed by atoms with Crippen molar-refractivity contribution >= 4 is 23.1 Å². The summed E-state index contributed by atoms with van der Waals surface area (Å²) in [6, 6.07) is 11.5. The molecule has 0 spiro atoms. The Morgan fingerprint density at radius 3 is 2.55 bits per heavy atom. The first-order chi connectivity index (χ1) is 16.1. The van der Waals surface area contributed by atoms with Gasteiger partial charge in [-0.15, -0.1) is 0 Å². The number of hydrogen-bond acceptors (Lipinski definition) is 4. The number of likely N-dealkylation sites (tertiary alicyclic amines) is 2. The lowest BCUT2D eigenvalue weighted by molar-refractivity contribution is 0.0794. The van der Waals surface area contributed by atoms with Gasteiger partial charge in [0.05, 0.1) is 30.1 Å². The molecule has 172 valence electrons. The molecule has 2 aliphatic rings. The van der Waals surface area contributed by atoms with E-state index < -0.39 is 0 Å². The minimum Gasteiger partial charge on any atom is -0.495 e. The first kappa shape index (κ1) is 21.3. The molecule has 0 aliphatic carbocycles. The highest BCUT2D eigenvalue weighted by Gasteiger charge is 2.26. The number of carbonyl (C=O) groups excluding carboxylic acids is 2. The number of pyridine rings is 1. The number of urea groups is 1. The number of methoxy groups -OCH3 is 1. The van der Waals surface area contributed by atoms with Crippen LogP contribution in [0.5, 0.6) is 5.75 Å². The normalized spacial score (nSPS) is 16.9. The van der Waals surface area contributed by atoms with Gasteiger partial charge < -0.3 is 19.9 Å². The zero-order chi connectivity index (χ0) is 22.8. The van der Waals surface area contributed by atoms with Crippen LogP contribution in [0.3, 0.4) is 0 Å². The Bertz CT molecular complexity index is 1160. The number of fused-ring (bicyclic) bond motifs is 1. The number of amides is 3. The molecule has 1 aromatic carbocycles. The number of benzene rings is 1. The molecule has 0 atom stereocenters. The van der Waals surface area contributed by atoms with Crippen molar-refractivity contribution in [1.29, 1.82) is 0 Å². The van der Waals surface area contributed by atoms with Crippen LogP contribution in [0, 0.1) is 0 Å². The maximum absolute atomic E-state index is 12.9. The van der Waals surface area contributed by atoms with Gasteiger partial charge in [0.2, 0.25) is 0 Å². The predicted molar refractivity (Wildman–Crippen MR) is 126 cm³/mol. The van der Waals surface area contributed by atoms with Crippen LogP contribution in [0.25, 0.3) is 5.52 Å². The molecule has 1 N–H and O–H groups in total. The van der Waals surface area contributed by atoms with Crippen LogP contribution in [0.4, 0.5) is 10.5 Å². The van der Waals surface area contributed by atoms with Gasteiger partial charge in [-0.3, -0.25) is 4.79 Å². The Morgan fingerprint density at radius 1 is 1.03 bits per heavy atom. The van der Waals surface area contributed by atoms with Crippen molar-refractivity contribution in [2.45, 2.75) is 31.6 Å². The Morgan fingerprint density at radius 2 is 1.79 bits per heavy atom. The third-order valence-corrected chi connectivity index (χ3v) is 6.77. The lowest BCUT2D eigenvalue weighted by Crippen LogP contribution is -2.40. The largest absolute Gasteiger partial charge is 0.495 e. The first-order valence-electron chi connectivity index (χ1n) is 11.6. The fourth-order valence-electron chi connectivity index (χ4n) is 4.86. The summed E-state index contributed by atoms with van der Waals surface area (Å²) >= 11 is 0. The topological polar surface area (TPSA) is 79.2 Å². The average molecular weight is 448 g/mol. The summed E-state index contributed by atoms with van der Waals surface area (Å²) in [5.74, 6) is 1.06. The van der Waals surface area contributed by atoms with Gasteiger partial charge >= 0.3 is 6.03 Å². The van der Waals surface area contributed by atoms with E-state index in [9.17, 15) is 9.59 Å². The number of ether oxygens (including phenoxy) is 1. The quantitative estimate of drug-likeness (QED) is 0.656. The lowest BCUT2D eigenvalue weighted by Gasteiger charge is -2.32. The Kier molecular flexibility index (Phi) is 5.90. The molecule has 33 heavy (non-hydrogen) atoms. The molecule has 3 amide bonds. The average Bonchev–Trinajstić information content (AvgIpc) is 3.54. The van der Waals surface area contributed by atoms with Gasteiger partial charge in [-0.1, -0.05) is 12.1 Å². The van der Waals surface area contributed by atoms with E-state index in [1.807, 2.05) is 40.3 Å². The van der Waals surface area contributed by atoms with Crippen LogP contribution in [0.1, 0.15) is 47.5 Å². The van der Waals surface area contributed by atoms with Crippen molar-refractivity contribution in [3.05, 3.63) is 59.9 Å². The Balaban J connectivity index is 1.26. The van der Waals surface area contributed by atoms with E-state index in [1.54, 1.807) is 17.8 Å². The Labute approximate surface area is 193 Å². The highest BCUT2D eigenvalue weighted by molar-refractivity contribution is 6.00. The third-order valence-electron chi connectivity index (χ3n) is 6.77. The number of nitrogens with one attached hydrogen (secondary N) is 1. The number of hydrogen-bond donors (Lipinski definition) is 1. The van der Waals surface area contributed by atoms with Crippen LogP contribution >= 0.6 is 0 Å². The summed E-state index contributed by atoms with van der Waals surface area (Å²) in [6.45, 7) is 3.00. The number of anilines is 1. The van der Waals surface area contributed by atoms with E-state index in [0.29, 0.717) is 36.0 Å². The van der Waals surface area contributed by atoms with Crippen molar-refractivity contribution in [3.8, 4) is 5.75 Å². The molecule has 3 aromatic rings. The zero-order valence-electron chi connectivity index (χ0n) is 18.9. The summed E-state index contributed by atoms with van der Waals surface area (Å²) in [7, 11) is 1.60. The molecule has 0 unspecified atom stereocenters. The second-order valence-corrected chi connectivity index (χ2v) is 8.74. The van der Waals surface area contributed by atoms with Gasteiger partial charge in [-0.05, 0) is 61.4 Å². The molecule has 0 bridgehead atoms. The smallest absolute Gasteiger partial charge is 0.321 e. The van der Waals surface area contributed by atoms with Gasteiger partial charge in [-0.25, -0.2) is 9.31 Å². The summed E-state index contributed by atoms with van der Waals surface area (Å²) in [5, 5.41) is 7.35. The van der Waals surface area contributed by atoms with Gasteiger partial charge in [0, 0.05) is 32.4 Å². The van der Waals surface area contributed by atoms with Gasteiger partial charge in [-0.2, -0.15) is 5.10 Å². The molecule has 2 aliphatic heterocycles. The molecule has 8 nitrogen and oxygen atoms in total. The second kappa shape index (κ2) is 9.13. The molecule has 8 heteroatoms. The summed E-state index contributed by atoms with van der Waals surface area (Å²) in [4.78, 5) is 29.5. The summed E-state index contributed by atoms with van der Waals surface area (Å²) < 4.78 is 7.11. The van der Waals surface area contributed by atoms with Gasteiger partial charge in [0.25, 0.3) is 5.91 Å². The van der Waals surface area contributed by atoms with Crippen molar-refractivity contribution in [2.24, 2.45) is 0 Å². The second-order valence-electron chi connectivity index (χ2n) is 8.74. The maximum Gasteiger partial charge on any atom is 0.321 e. The van der Waals surface area contributed by atoms with E-state index in [0.717, 1.165) is 44.3 Å². The molecule has 4 heterocycles. The van der Waals surface area contributed by atoms with E-state index in [-0.39, 0.29) is 11.9 Å². The van der Waals surface area contributed by atoms with Crippen LogP contribution in [0.15, 0.2) is 48.8 Å². The minimum atomic E-state index is -0.109. The number of piperidine rings is 1. The minimum absolute atomic E-state index is 0.0717. The number of nitrogens with zero attached hydrogens (tertiary/aromatic N) is 4. The number of carbonyl (C=O) groups is 2. The first-order valence-corrected chi connectivity index (χ1v) is 11.6. The highest BCUT2D eigenvalue weighted by Crippen LogP contribution is 2.31. The summed E-state index contributed by atoms with van der Waals surface area (Å²) in [5.41, 5.74) is 3.41. The molecule has 0 radical (unpaired) electrons. The van der Waals surface area contributed by atoms with Crippen molar-refractivity contribution in [2.75, 3.05) is 38.6 Å². The van der Waals surface area contributed by atoms with Gasteiger partial charge in [0.1, 0.15) is 5.75 Å². The molecule has 2 saturated heterocycles. The standard InChI is InChI=1S/C25H29N5O3/c1-33-23-7-3-2-6-21(23)27-25(32)29-13-8-18(9-14-29)19-10-15-30-22(16-19)20(17-26-30)24(31)28-11-4-5-12-28/h2-3,6-7,10,15-18H,4-5,8-9,11-14H2,1H3,(H,27,32). The van der Waals surface area contributed by atoms with E-state index in [1.165, 1.54) is 5.56 Å². The fraction of sp³-hybridized carbons (Fsp3) is 0.400. The molecular weight excluding hydrogens is 418 g/mol. The van der Waals surface area contributed by atoms with Crippen LogP contribution in [-0.4, -0.2) is 64.6 Å². The zero-order valence-corrected chi connectivity index (χ0v) is 18.9. The lowest BCUT2D eigenvalue weighted by atomic mass is 9.89. The highest BCUT2D eigenvalue weighted by atomic mass is 16.5. The van der Waals surface area contributed by atoms with Crippen LogP contribution in [0.2, 0.25) is 0 Å². The number of rotatable bonds is 4. The van der Waals surface area contributed by atoms with Gasteiger partial charge in [0.15, 0.2) is 0 Å². The van der Waals surface area contributed by atoms with E-state index in [4.69, 9.17) is 4.74 Å². The molecule has 2 aromatic heterocycles. The van der Waals surface area contributed by atoms with E-state index >= 15 is 0 Å². The Hall–Kier alpha value is -3.55. The predicted octanol–water partition coefficient (Wildman–Crippen LogP) is 3.99. The maximum atomic E-state index is 12.9. The SMILES string of the molecule is COc1ccccc1NC(=O)N1CCC(c2ccn3ncc(C(=O)N4CCCC4)c3c2)CC1. The number of para-hydroxylation sites is 2. The van der Waals surface area contributed by atoms with Crippen molar-refractivity contribution in [1.82, 2.24) is 19.4 Å². The van der Waals surface area contributed by atoms with E-state index in [2.05, 4.69) is 22.5 Å². The third kappa shape index (κ3) is 4.25. The van der Waals surface area contributed by atoms with Crippen molar-refractivity contribution in [3.63, 3.8) is 0 Å². The van der Waals surface area contributed by atoms with Crippen LogP contribution in [-0.2, 0) is 0 Å². The van der Waals surface area contributed by atoms with Crippen molar-refractivity contribution < 1.29 is 14.3 Å². The monoisotopic (exact) mass is 447 g/mol. The number of aromatic nitrogens is 2. The summed E-state index contributed by atoms with van der Waals surface area (Å²) in [6.07, 6.45) is 7.51. The van der Waals surface area contributed by atoms with Crippen LogP contribution < -0.4 is 10.1 Å². The fourth-order valence-corrected chi connectivity index (χ4v) is 4.86. The molecule has 5 rings (SSSR count).